The predicted octanol–water partition coefficient (Wildman–Crippen LogP) is 1.94. The van der Waals surface area contributed by atoms with Crippen LogP contribution in [0.1, 0.15) is 57.8 Å². The van der Waals surface area contributed by atoms with E-state index >= 15 is 8.78 Å². The number of anilines is 1. The third-order valence-corrected chi connectivity index (χ3v) is 8.46. The number of fused-ring (bicyclic) bond motifs is 3. The van der Waals surface area contributed by atoms with E-state index in [1.54, 1.807) is 24.1 Å². The largest absolute Gasteiger partial charge is 0.371 e. The van der Waals surface area contributed by atoms with Crippen molar-refractivity contribution in [3.63, 3.8) is 0 Å². The SMILES string of the molecule is Cn1cc(N[C@H](CC2CC2)C(=O)N2[C@H]3CC[C@@H]([C@@H]2C(=O)N[C@@H](C#N)C[C@H]2CCCNC2=O)C(F)(F)C3)cn1. The maximum absolute atomic E-state index is 15.1. The molecule has 5 aliphatic rings. The van der Waals surface area contributed by atoms with Gasteiger partial charge in [-0.3, -0.25) is 19.1 Å². The quantitative estimate of drug-likeness (QED) is 0.446. The van der Waals surface area contributed by atoms with Crippen LogP contribution in [0.15, 0.2) is 12.4 Å². The lowest BCUT2D eigenvalue weighted by Crippen LogP contribution is -2.70. The van der Waals surface area contributed by atoms with E-state index in [0.29, 0.717) is 37.4 Å². The van der Waals surface area contributed by atoms with Gasteiger partial charge in [0.2, 0.25) is 17.7 Å². The number of carbonyl (C=O) groups excluding carboxylic acids is 3. The Balaban J connectivity index is 1.37. The average Bonchev–Trinajstić information content (AvgIpc) is 3.61. The van der Waals surface area contributed by atoms with Crippen molar-refractivity contribution in [1.82, 2.24) is 25.3 Å². The monoisotopic (exact) mass is 531 g/mol. The zero-order chi connectivity index (χ0) is 27.0. The molecular weight excluding hydrogens is 496 g/mol. The molecule has 2 bridgehead atoms. The van der Waals surface area contributed by atoms with Crippen LogP contribution in [0.3, 0.4) is 0 Å². The van der Waals surface area contributed by atoms with Crippen molar-refractivity contribution in [1.29, 1.82) is 5.26 Å². The topological polar surface area (TPSA) is 132 Å². The van der Waals surface area contributed by atoms with Gasteiger partial charge in [0.05, 0.1) is 23.9 Å². The molecule has 0 radical (unpaired) electrons. The first-order valence-electron chi connectivity index (χ1n) is 13.6. The lowest BCUT2D eigenvalue weighted by molar-refractivity contribution is -0.194. The van der Waals surface area contributed by atoms with Gasteiger partial charge in [-0.25, -0.2) is 8.78 Å². The van der Waals surface area contributed by atoms with E-state index < -0.39 is 54.3 Å². The maximum atomic E-state index is 15.1. The van der Waals surface area contributed by atoms with Gasteiger partial charge in [0.25, 0.3) is 5.92 Å². The highest BCUT2D eigenvalue weighted by molar-refractivity contribution is 5.92. The molecule has 206 valence electrons. The van der Waals surface area contributed by atoms with E-state index in [4.69, 9.17) is 0 Å². The summed E-state index contributed by atoms with van der Waals surface area (Å²) in [4.78, 5) is 41.1. The first-order valence-corrected chi connectivity index (χ1v) is 13.6. The van der Waals surface area contributed by atoms with Crippen LogP contribution < -0.4 is 16.0 Å². The number of hydrogen-bond acceptors (Lipinski definition) is 6. The standard InChI is InChI=1S/C26H35F2N7O3/c1-34-14-18(13-31-34)32-21(9-15-4-5-15)25(38)35-19-6-7-20(26(27,28)11-19)22(35)24(37)33-17(12-29)10-16-3-2-8-30-23(16)36/h13-17,19-22,32H,2-11H2,1H3,(H,30,36)(H,33,37)/t16-,17-,19+,20+,21-,22-/m1/s1. The van der Waals surface area contributed by atoms with Crippen LogP contribution >= 0.6 is 0 Å². The Hall–Kier alpha value is -3.23. The van der Waals surface area contributed by atoms with Crippen molar-refractivity contribution < 1.29 is 23.2 Å². The molecule has 0 spiro atoms. The molecule has 12 heteroatoms. The average molecular weight is 532 g/mol. The second kappa shape index (κ2) is 10.5. The van der Waals surface area contributed by atoms with Gasteiger partial charge in [-0.15, -0.1) is 0 Å². The molecule has 5 fully saturated rings. The van der Waals surface area contributed by atoms with Crippen molar-refractivity contribution in [2.75, 3.05) is 11.9 Å². The molecule has 1 aromatic rings. The Morgan fingerprint density at radius 3 is 2.68 bits per heavy atom. The van der Waals surface area contributed by atoms with Crippen molar-refractivity contribution in [2.24, 2.45) is 24.8 Å². The molecule has 6 rings (SSSR count). The number of carbonyl (C=O) groups is 3. The third-order valence-electron chi connectivity index (χ3n) is 8.46. The zero-order valence-corrected chi connectivity index (χ0v) is 21.5. The van der Waals surface area contributed by atoms with Crippen molar-refractivity contribution in [2.45, 2.75) is 87.9 Å². The Kier molecular flexibility index (Phi) is 7.29. The molecule has 1 aromatic heterocycles. The highest BCUT2D eigenvalue weighted by Gasteiger charge is 2.61. The number of piperidine rings is 3. The number of rotatable bonds is 9. The molecule has 0 unspecified atom stereocenters. The van der Waals surface area contributed by atoms with Crippen LogP contribution in [0.25, 0.3) is 0 Å². The molecule has 10 nitrogen and oxygen atoms in total. The number of aryl methyl sites for hydroxylation is 1. The van der Waals surface area contributed by atoms with Gasteiger partial charge in [0.15, 0.2) is 0 Å². The molecular formula is C26H35F2N7O3. The minimum Gasteiger partial charge on any atom is -0.371 e. The first-order chi connectivity index (χ1) is 18.2. The van der Waals surface area contributed by atoms with Crippen LogP contribution in [-0.4, -0.2) is 69.0 Å². The number of alkyl halides is 2. The summed E-state index contributed by atoms with van der Waals surface area (Å²) in [6.07, 6.45) is 7.44. The predicted molar refractivity (Wildman–Crippen MR) is 133 cm³/mol. The van der Waals surface area contributed by atoms with E-state index in [2.05, 4.69) is 21.0 Å². The van der Waals surface area contributed by atoms with E-state index in [0.717, 1.165) is 19.3 Å². The normalized spacial score (nSPS) is 29.6. The lowest BCUT2D eigenvalue weighted by Gasteiger charge is -2.54. The fourth-order valence-corrected chi connectivity index (χ4v) is 6.36. The van der Waals surface area contributed by atoms with Gasteiger partial charge in [-0.05, 0) is 44.4 Å². The minimum atomic E-state index is -3.09. The second-order valence-corrected chi connectivity index (χ2v) is 11.3. The fraction of sp³-hybridized carbons (Fsp3) is 0.731. The molecule has 2 aliphatic carbocycles. The van der Waals surface area contributed by atoms with E-state index in [9.17, 15) is 19.6 Å². The lowest BCUT2D eigenvalue weighted by atomic mass is 9.71. The molecule has 3 saturated heterocycles. The van der Waals surface area contributed by atoms with Crippen LogP contribution in [0.4, 0.5) is 14.5 Å². The number of hydrogen-bond donors (Lipinski definition) is 3. The highest BCUT2D eigenvalue weighted by Crippen LogP contribution is 2.49. The number of nitrogens with zero attached hydrogens (tertiary/aromatic N) is 4. The Labute approximate surface area is 220 Å². The Bertz CT molecular complexity index is 1110. The third kappa shape index (κ3) is 5.47. The van der Waals surface area contributed by atoms with E-state index in [-0.39, 0.29) is 24.7 Å². The zero-order valence-electron chi connectivity index (χ0n) is 21.5. The number of aromatic nitrogens is 2. The number of nitrogens with one attached hydrogen (secondary N) is 3. The van der Waals surface area contributed by atoms with Crippen molar-refractivity contribution in [3.8, 4) is 6.07 Å². The number of nitriles is 1. The Morgan fingerprint density at radius 1 is 1.26 bits per heavy atom. The van der Waals surface area contributed by atoms with Crippen LogP contribution in [0, 0.1) is 29.1 Å². The maximum Gasteiger partial charge on any atom is 0.255 e. The second-order valence-electron chi connectivity index (χ2n) is 11.3. The van der Waals surface area contributed by atoms with E-state index in [1.807, 2.05) is 6.07 Å². The van der Waals surface area contributed by atoms with Gasteiger partial charge in [0, 0.05) is 38.2 Å². The highest BCUT2D eigenvalue weighted by atomic mass is 19.3. The molecule has 4 heterocycles. The van der Waals surface area contributed by atoms with Gasteiger partial charge in [-0.2, -0.15) is 10.4 Å². The van der Waals surface area contributed by atoms with E-state index in [1.165, 1.54) is 4.90 Å². The molecule has 3 N–H and O–H groups in total. The summed E-state index contributed by atoms with van der Waals surface area (Å²) in [6, 6.07) is -1.81. The number of halogens is 2. The van der Waals surface area contributed by atoms with Crippen LogP contribution in [0.5, 0.6) is 0 Å². The minimum absolute atomic E-state index is 0.103. The summed E-state index contributed by atoms with van der Waals surface area (Å²) in [7, 11) is 1.76. The summed E-state index contributed by atoms with van der Waals surface area (Å²) >= 11 is 0. The van der Waals surface area contributed by atoms with Gasteiger partial charge in [0.1, 0.15) is 18.1 Å². The summed E-state index contributed by atoms with van der Waals surface area (Å²) in [5, 5.41) is 22.5. The molecule has 2 saturated carbocycles. The molecule has 3 amide bonds. The Morgan fingerprint density at radius 2 is 2.05 bits per heavy atom. The van der Waals surface area contributed by atoms with Crippen molar-refractivity contribution >= 4 is 23.4 Å². The molecule has 6 atom stereocenters. The molecule has 38 heavy (non-hydrogen) atoms. The van der Waals surface area contributed by atoms with Crippen molar-refractivity contribution in [3.05, 3.63) is 12.4 Å². The van der Waals surface area contributed by atoms with Gasteiger partial charge in [-0.1, -0.05) is 12.8 Å². The van der Waals surface area contributed by atoms with Crippen LogP contribution in [-0.2, 0) is 21.4 Å². The van der Waals surface area contributed by atoms with Gasteiger partial charge < -0.3 is 20.9 Å². The summed E-state index contributed by atoms with van der Waals surface area (Å²) in [5.74, 6) is -5.76. The smallest absolute Gasteiger partial charge is 0.255 e. The molecule has 3 aliphatic heterocycles. The molecule has 0 aromatic carbocycles. The van der Waals surface area contributed by atoms with Gasteiger partial charge >= 0.3 is 0 Å². The summed E-state index contributed by atoms with van der Waals surface area (Å²) < 4.78 is 31.8. The first kappa shape index (κ1) is 26.4. The summed E-state index contributed by atoms with van der Waals surface area (Å²) in [6.45, 7) is 0.575. The number of amides is 3. The van der Waals surface area contributed by atoms with Crippen LogP contribution in [0.2, 0.25) is 0 Å². The fourth-order valence-electron chi connectivity index (χ4n) is 6.36. The summed E-state index contributed by atoms with van der Waals surface area (Å²) in [5.41, 5.74) is 0.648.